The molecule has 0 aliphatic carbocycles. The first-order valence-electron chi connectivity index (χ1n) is 7.24. The summed E-state index contributed by atoms with van der Waals surface area (Å²) in [6, 6.07) is 0. The van der Waals surface area contributed by atoms with Gasteiger partial charge in [-0.3, -0.25) is 0 Å². The number of hydrogen-bond acceptors (Lipinski definition) is 2. The maximum atomic E-state index is 4.30. The Labute approximate surface area is 106 Å². The van der Waals surface area contributed by atoms with Crippen molar-refractivity contribution in [2.24, 2.45) is 0 Å². The van der Waals surface area contributed by atoms with Crippen LogP contribution in [0.5, 0.6) is 0 Å². The van der Waals surface area contributed by atoms with Crippen LogP contribution in [0.3, 0.4) is 0 Å². The molecule has 0 saturated heterocycles. The van der Waals surface area contributed by atoms with E-state index < -0.39 is 0 Å². The van der Waals surface area contributed by atoms with Crippen LogP contribution >= 0.6 is 0 Å². The normalized spacial score (nSPS) is 11.0. The number of nitrogens with zero attached hydrogens (tertiary/aromatic N) is 3. The van der Waals surface area contributed by atoms with Gasteiger partial charge in [0.25, 0.3) is 0 Å². The minimum Gasteiger partial charge on any atom is -0.249 e. The van der Waals surface area contributed by atoms with Crippen LogP contribution in [0.2, 0.25) is 0 Å². The molecule has 1 aromatic rings. The molecule has 1 aromatic heterocycles. The van der Waals surface area contributed by atoms with Gasteiger partial charge in [0.1, 0.15) is 0 Å². The maximum Gasteiger partial charge on any atom is 0.0856 e. The molecule has 3 nitrogen and oxygen atoms in total. The highest BCUT2D eigenvalue weighted by atomic mass is 15.4. The first-order chi connectivity index (χ1) is 8.33. The zero-order valence-electron chi connectivity index (χ0n) is 11.7. The van der Waals surface area contributed by atoms with E-state index in [9.17, 15) is 0 Å². The Morgan fingerprint density at radius 3 is 2.35 bits per heavy atom. The molecular formula is C14H27N3. The van der Waals surface area contributed by atoms with Crippen LogP contribution in [0.15, 0.2) is 0 Å². The van der Waals surface area contributed by atoms with Crippen molar-refractivity contribution >= 4 is 0 Å². The lowest BCUT2D eigenvalue weighted by molar-refractivity contribution is 0.508. The third kappa shape index (κ3) is 4.49. The van der Waals surface area contributed by atoms with Crippen LogP contribution in [0.4, 0.5) is 0 Å². The van der Waals surface area contributed by atoms with Crippen LogP contribution in [0.25, 0.3) is 0 Å². The Morgan fingerprint density at radius 1 is 0.941 bits per heavy atom. The van der Waals surface area contributed by atoms with Gasteiger partial charge in [0.05, 0.1) is 11.4 Å². The molecule has 0 atom stereocenters. The zero-order valence-corrected chi connectivity index (χ0v) is 11.7. The van der Waals surface area contributed by atoms with E-state index in [-0.39, 0.29) is 0 Å². The average molecular weight is 237 g/mol. The van der Waals surface area contributed by atoms with E-state index in [2.05, 4.69) is 35.8 Å². The number of unbranched alkanes of at least 4 members (excludes halogenated alkanes) is 4. The smallest absolute Gasteiger partial charge is 0.0856 e. The van der Waals surface area contributed by atoms with E-state index in [1.165, 1.54) is 49.9 Å². The summed E-state index contributed by atoms with van der Waals surface area (Å²) in [5, 5.41) is 8.60. The SMILES string of the molecule is CCCCCCn1nnc(CC)c1CCCC. The third-order valence-corrected chi connectivity index (χ3v) is 3.24. The molecule has 0 aliphatic heterocycles. The zero-order chi connectivity index (χ0) is 12.5. The molecule has 0 radical (unpaired) electrons. The predicted molar refractivity (Wildman–Crippen MR) is 72.2 cm³/mol. The van der Waals surface area contributed by atoms with Gasteiger partial charge < -0.3 is 0 Å². The maximum absolute atomic E-state index is 4.30. The van der Waals surface area contributed by atoms with Gasteiger partial charge in [0.15, 0.2) is 0 Å². The lowest BCUT2D eigenvalue weighted by atomic mass is 10.1. The van der Waals surface area contributed by atoms with Crippen LogP contribution in [0, 0.1) is 0 Å². The van der Waals surface area contributed by atoms with Crippen molar-refractivity contribution in [3.05, 3.63) is 11.4 Å². The Balaban J connectivity index is 2.53. The standard InChI is InChI=1S/C14H27N3/c1-4-7-9-10-12-17-14(11-8-5-2)13(6-3)15-16-17/h4-12H2,1-3H3. The molecule has 0 amide bonds. The molecule has 98 valence electrons. The van der Waals surface area contributed by atoms with Crippen LogP contribution < -0.4 is 0 Å². The second kappa shape index (κ2) is 8.26. The number of hydrogen-bond donors (Lipinski definition) is 0. The van der Waals surface area contributed by atoms with E-state index in [1.807, 2.05) is 0 Å². The lowest BCUT2D eigenvalue weighted by Gasteiger charge is -2.07. The molecule has 3 heteroatoms. The van der Waals surface area contributed by atoms with Crippen molar-refractivity contribution < 1.29 is 0 Å². The molecule has 1 heterocycles. The molecule has 0 N–H and O–H groups in total. The van der Waals surface area contributed by atoms with Crippen molar-refractivity contribution in [2.45, 2.75) is 78.7 Å². The summed E-state index contributed by atoms with van der Waals surface area (Å²) >= 11 is 0. The first-order valence-corrected chi connectivity index (χ1v) is 7.24. The van der Waals surface area contributed by atoms with Gasteiger partial charge >= 0.3 is 0 Å². The molecule has 0 aromatic carbocycles. The summed E-state index contributed by atoms with van der Waals surface area (Å²) < 4.78 is 2.14. The summed E-state index contributed by atoms with van der Waals surface area (Å²) in [7, 11) is 0. The molecule has 0 bridgehead atoms. The number of aromatic nitrogens is 3. The van der Waals surface area contributed by atoms with Gasteiger partial charge in [0.2, 0.25) is 0 Å². The Morgan fingerprint density at radius 2 is 1.71 bits per heavy atom. The van der Waals surface area contributed by atoms with E-state index in [4.69, 9.17) is 0 Å². The highest BCUT2D eigenvalue weighted by molar-refractivity contribution is 5.10. The van der Waals surface area contributed by atoms with Crippen molar-refractivity contribution in [1.29, 1.82) is 0 Å². The van der Waals surface area contributed by atoms with Gasteiger partial charge in [-0.15, -0.1) is 5.10 Å². The summed E-state index contributed by atoms with van der Waals surface area (Å²) in [6.07, 6.45) is 9.80. The van der Waals surface area contributed by atoms with Crippen molar-refractivity contribution in [3.63, 3.8) is 0 Å². The fourth-order valence-electron chi connectivity index (χ4n) is 2.13. The van der Waals surface area contributed by atoms with E-state index >= 15 is 0 Å². The van der Waals surface area contributed by atoms with E-state index in [0.717, 1.165) is 19.4 Å². The summed E-state index contributed by atoms with van der Waals surface area (Å²) in [4.78, 5) is 0. The molecule has 0 aliphatic rings. The van der Waals surface area contributed by atoms with Gasteiger partial charge in [-0.2, -0.15) is 0 Å². The van der Waals surface area contributed by atoms with Gasteiger partial charge in [-0.1, -0.05) is 51.7 Å². The molecule has 0 spiro atoms. The molecule has 0 unspecified atom stereocenters. The Bertz CT molecular complexity index is 304. The van der Waals surface area contributed by atoms with Gasteiger partial charge in [-0.25, -0.2) is 4.68 Å². The van der Waals surface area contributed by atoms with Gasteiger partial charge in [-0.05, 0) is 25.7 Å². The van der Waals surface area contributed by atoms with Crippen LogP contribution in [-0.2, 0) is 19.4 Å². The van der Waals surface area contributed by atoms with Crippen molar-refractivity contribution in [2.75, 3.05) is 0 Å². The Hall–Kier alpha value is -0.860. The first kappa shape index (κ1) is 14.2. The van der Waals surface area contributed by atoms with Crippen LogP contribution in [0.1, 0.15) is 70.7 Å². The minimum absolute atomic E-state index is 1.01. The monoisotopic (exact) mass is 237 g/mol. The predicted octanol–water partition coefficient (Wildman–Crippen LogP) is 3.76. The highest BCUT2D eigenvalue weighted by Crippen LogP contribution is 2.12. The van der Waals surface area contributed by atoms with Crippen LogP contribution in [-0.4, -0.2) is 15.0 Å². The number of rotatable bonds is 9. The third-order valence-electron chi connectivity index (χ3n) is 3.24. The average Bonchev–Trinajstić information content (AvgIpc) is 2.74. The van der Waals surface area contributed by atoms with Crippen molar-refractivity contribution in [3.8, 4) is 0 Å². The molecule has 1 rings (SSSR count). The Kier molecular flexibility index (Phi) is 6.90. The fraction of sp³-hybridized carbons (Fsp3) is 0.857. The molecular weight excluding hydrogens is 210 g/mol. The highest BCUT2D eigenvalue weighted by Gasteiger charge is 2.10. The summed E-state index contributed by atoms with van der Waals surface area (Å²) in [5.74, 6) is 0. The van der Waals surface area contributed by atoms with Crippen molar-refractivity contribution in [1.82, 2.24) is 15.0 Å². The second-order valence-electron chi connectivity index (χ2n) is 4.72. The summed E-state index contributed by atoms with van der Waals surface area (Å²) in [5.41, 5.74) is 2.58. The molecule has 0 saturated carbocycles. The summed E-state index contributed by atoms with van der Waals surface area (Å²) in [6.45, 7) is 7.70. The molecule has 0 fully saturated rings. The topological polar surface area (TPSA) is 30.7 Å². The fourth-order valence-corrected chi connectivity index (χ4v) is 2.13. The number of aryl methyl sites for hydroxylation is 2. The van der Waals surface area contributed by atoms with E-state index in [1.54, 1.807) is 0 Å². The quantitative estimate of drug-likeness (QED) is 0.612. The lowest BCUT2D eigenvalue weighted by Crippen LogP contribution is -2.06. The van der Waals surface area contributed by atoms with E-state index in [0.29, 0.717) is 0 Å². The largest absolute Gasteiger partial charge is 0.249 e. The second-order valence-corrected chi connectivity index (χ2v) is 4.72. The minimum atomic E-state index is 1.01. The van der Waals surface area contributed by atoms with Gasteiger partial charge in [0, 0.05) is 6.54 Å². The molecule has 17 heavy (non-hydrogen) atoms.